The van der Waals surface area contributed by atoms with E-state index in [0.717, 1.165) is 24.3 Å². The van der Waals surface area contributed by atoms with Crippen molar-refractivity contribution in [3.8, 4) is 17.5 Å². The van der Waals surface area contributed by atoms with Gasteiger partial charge >= 0.3 is 24.3 Å². The predicted molar refractivity (Wildman–Crippen MR) is 80.4 cm³/mol. The van der Waals surface area contributed by atoms with Crippen molar-refractivity contribution in [2.75, 3.05) is 6.61 Å². The number of hydrogen-bond donors (Lipinski definition) is 1. The van der Waals surface area contributed by atoms with E-state index in [4.69, 9.17) is 9.47 Å². The summed E-state index contributed by atoms with van der Waals surface area (Å²) < 4.78 is 51.5. The minimum atomic E-state index is -4.82. The number of alkyl halides is 3. The Morgan fingerprint density at radius 2 is 2.00 bits per heavy atom. The highest BCUT2D eigenvalue weighted by atomic mass is 19.4. The molecule has 0 saturated heterocycles. The van der Waals surface area contributed by atoms with Gasteiger partial charge in [0.05, 0.1) is 12.6 Å². The molecule has 0 radical (unpaired) electrons. The Balaban J connectivity index is 1.54. The number of ether oxygens (including phenoxy) is 3. The minimum absolute atomic E-state index is 0.00212. The molecule has 1 aromatic heterocycles. The molecular weight excluding hydrogens is 377 g/mol. The molecule has 1 aromatic carbocycles. The Morgan fingerprint density at radius 3 is 2.63 bits per heavy atom. The van der Waals surface area contributed by atoms with Crippen LogP contribution in [0, 0.1) is 10.1 Å². The molecule has 0 bridgehead atoms. The van der Waals surface area contributed by atoms with Gasteiger partial charge in [0, 0.05) is 4.98 Å². The second-order valence-corrected chi connectivity index (χ2v) is 5.35. The van der Waals surface area contributed by atoms with Gasteiger partial charge in [0.1, 0.15) is 24.3 Å². The molecule has 0 saturated carbocycles. The fraction of sp³-hybridized carbons (Fsp3) is 0.286. The molecule has 27 heavy (non-hydrogen) atoms. The van der Waals surface area contributed by atoms with Gasteiger partial charge in [-0.1, -0.05) is 0 Å². The van der Waals surface area contributed by atoms with Crippen LogP contribution in [0.2, 0.25) is 0 Å². The van der Waals surface area contributed by atoms with Crippen LogP contribution >= 0.6 is 0 Å². The van der Waals surface area contributed by atoms with Crippen LogP contribution in [0.5, 0.6) is 17.5 Å². The molecule has 1 aliphatic heterocycles. The molecule has 1 N–H and O–H groups in total. The van der Waals surface area contributed by atoms with E-state index in [1.807, 2.05) is 0 Å². The zero-order chi connectivity index (χ0) is 19.6. The van der Waals surface area contributed by atoms with Crippen LogP contribution in [-0.2, 0) is 6.54 Å². The first-order valence-electron chi connectivity index (χ1n) is 7.38. The molecule has 3 rings (SSSR count). The Labute approximate surface area is 148 Å². The number of halogens is 3. The number of nitro groups is 1. The van der Waals surface area contributed by atoms with Gasteiger partial charge in [0.25, 0.3) is 0 Å². The van der Waals surface area contributed by atoms with E-state index in [-0.39, 0.29) is 30.7 Å². The van der Waals surface area contributed by atoms with Crippen LogP contribution in [0.1, 0.15) is 0 Å². The number of nitrogens with one attached hydrogen (secondary N) is 1. The molecule has 1 aliphatic rings. The van der Waals surface area contributed by atoms with Crippen LogP contribution in [-0.4, -0.2) is 39.6 Å². The van der Waals surface area contributed by atoms with Crippen molar-refractivity contribution in [3.63, 3.8) is 0 Å². The standard InChI is InChI=1S/C14H11F3N4O6/c15-14(16,17)27-10-3-1-9(2-4-10)26-13(22)18-8-5-20-6-11(21(23)24)19-12(20)25-7-8/h1-4,6,8H,5,7H2,(H,18,22)/t8-/m0/s1. The molecule has 2 aromatic rings. The van der Waals surface area contributed by atoms with Gasteiger partial charge in [0.2, 0.25) is 0 Å². The summed E-state index contributed by atoms with van der Waals surface area (Å²) >= 11 is 0. The van der Waals surface area contributed by atoms with E-state index in [1.54, 1.807) is 0 Å². The summed E-state index contributed by atoms with van der Waals surface area (Å²) in [6, 6.07) is 3.78. The van der Waals surface area contributed by atoms with Gasteiger partial charge in [-0.15, -0.1) is 13.2 Å². The van der Waals surface area contributed by atoms with Gasteiger partial charge in [-0.05, 0) is 29.2 Å². The van der Waals surface area contributed by atoms with E-state index in [2.05, 4.69) is 15.0 Å². The fourth-order valence-electron chi connectivity index (χ4n) is 2.28. The lowest BCUT2D eigenvalue weighted by Gasteiger charge is -2.22. The normalized spacial score (nSPS) is 16.0. The molecule has 13 heteroatoms. The number of carbonyl (C=O) groups is 1. The van der Waals surface area contributed by atoms with Crippen molar-refractivity contribution in [1.29, 1.82) is 0 Å². The zero-order valence-electron chi connectivity index (χ0n) is 13.3. The first-order chi connectivity index (χ1) is 12.7. The Kier molecular flexibility index (Phi) is 4.75. The van der Waals surface area contributed by atoms with Crippen molar-refractivity contribution < 1.29 is 37.1 Å². The average Bonchev–Trinajstić information content (AvgIpc) is 2.99. The topological polar surface area (TPSA) is 118 Å². The number of fused-ring (bicyclic) bond motifs is 1. The number of amides is 1. The highest BCUT2D eigenvalue weighted by Gasteiger charge is 2.31. The van der Waals surface area contributed by atoms with E-state index in [0.29, 0.717) is 0 Å². The molecule has 10 nitrogen and oxygen atoms in total. The van der Waals surface area contributed by atoms with Crippen molar-refractivity contribution in [1.82, 2.24) is 14.9 Å². The first kappa shape index (κ1) is 18.3. The van der Waals surface area contributed by atoms with E-state index in [1.165, 1.54) is 10.8 Å². The summed E-state index contributed by atoms with van der Waals surface area (Å²) in [5.74, 6) is -0.836. The molecule has 0 unspecified atom stereocenters. The van der Waals surface area contributed by atoms with Gasteiger partial charge < -0.3 is 29.6 Å². The quantitative estimate of drug-likeness (QED) is 0.630. The second-order valence-electron chi connectivity index (χ2n) is 5.35. The fourth-order valence-corrected chi connectivity index (χ4v) is 2.28. The lowest BCUT2D eigenvalue weighted by molar-refractivity contribution is -0.389. The number of rotatable bonds is 4. The van der Waals surface area contributed by atoms with E-state index < -0.39 is 29.2 Å². The molecule has 1 amide bonds. The minimum Gasteiger partial charge on any atom is -0.444 e. The van der Waals surface area contributed by atoms with Crippen molar-refractivity contribution >= 4 is 11.9 Å². The third-order valence-electron chi connectivity index (χ3n) is 3.33. The molecule has 1 atom stereocenters. The third kappa shape index (κ3) is 4.77. The van der Waals surface area contributed by atoms with Crippen molar-refractivity contribution in [2.24, 2.45) is 0 Å². The average molecular weight is 388 g/mol. The van der Waals surface area contributed by atoms with Crippen LogP contribution in [0.4, 0.5) is 23.8 Å². The molecule has 0 spiro atoms. The highest BCUT2D eigenvalue weighted by Crippen LogP contribution is 2.25. The number of aromatic nitrogens is 2. The van der Waals surface area contributed by atoms with Gasteiger partial charge in [-0.3, -0.25) is 4.57 Å². The van der Waals surface area contributed by atoms with Crippen LogP contribution in [0.3, 0.4) is 0 Å². The molecule has 144 valence electrons. The van der Waals surface area contributed by atoms with Crippen molar-refractivity contribution in [2.45, 2.75) is 18.9 Å². The van der Waals surface area contributed by atoms with Crippen LogP contribution in [0.25, 0.3) is 0 Å². The SMILES string of the molecule is O=C(N[C@@H]1COc2nc([N+](=O)[O-])cn2C1)Oc1ccc(OC(F)(F)F)cc1. The number of imidazole rings is 1. The monoisotopic (exact) mass is 388 g/mol. The summed E-state index contributed by atoms with van der Waals surface area (Å²) in [7, 11) is 0. The maximum atomic E-state index is 12.1. The maximum absolute atomic E-state index is 12.1. The summed E-state index contributed by atoms with van der Waals surface area (Å²) in [6.45, 7) is 0.186. The predicted octanol–water partition coefficient (Wildman–Crippen LogP) is 2.24. The molecule has 0 aliphatic carbocycles. The summed E-state index contributed by atoms with van der Waals surface area (Å²) in [4.78, 5) is 25.6. The lowest BCUT2D eigenvalue weighted by atomic mass is 10.3. The number of benzene rings is 1. The van der Waals surface area contributed by atoms with Gasteiger partial charge in [-0.25, -0.2) is 4.79 Å². The number of carbonyl (C=O) groups excluding carboxylic acids is 1. The summed E-state index contributed by atoms with van der Waals surface area (Å²) in [6.07, 6.45) is -4.51. The number of nitrogens with zero attached hydrogens (tertiary/aromatic N) is 3. The Bertz CT molecular complexity index is 852. The van der Waals surface area contributed by atoms with Crippen molar-refractivity contribution in [3.05, 3.63) is 40.6 Å². The van der Waals surface area contributed by atoms with E-state index in [9.17, 15) is 28.1 Å². The maximum Gasteiger partial charge on any atom is 0.573 e. The molecule has 0 fully saturated rings. The highest BCUT2D eigenvalue weighted by molar-refractivity contribution is 5.70. The van der Waals surface area contributed by atoms with E-state index >= 15 is 0 Å². The Hall–Kier alpha value is -3.51. The summed E-state index contributed by atoms with van der Waals surface area (Å²) in [5, 5.41) is 13.2. The summed E-state index contributed by atoms with van der Waals surface area (Å²) in [5.41, 5.74) is 0. The van der Waals surface area contributed by atoms with Crippen LogP contribution in [0.15, 0.2) is 30.5 Å². The lowest BCUT2D eigenvalue weighted by Crippen LogP contribution is -2.45. The van der Waals surface area contributed by atoms with Gasteiger partial charge in [-0.2, -0.15) is 0 Å². The number of hydrogen-bond acceptors (Lipinski definition) is 7. The van der Waals surface area contributed by atoms with Crippen LogP contribution < -0.4 is 19.5 Å². The smallest absolute Gasteiger partial charge is 0.444 e. The van der Waals surface area contributed by atoms with Gasteiger partial charge in [0.15, 0.2) is 0 Å². The largest absolute Gasteiger partial charge is 0.573 e. The second kappa shape index (κ2) is 7.01. The molecular formula is C14H11F3N4O6. The first-order valence-corrected chi connectivity index (χ1v) is 7.38. The molecule has 2 heterocycles. The Morgan fingerprint density at radius 1 is 1.33 bits per heavy atom. The third-order valence-corrected chi connectivity index (χ3v) is 3.33. The zero-order valence-corrected chi connectivity index (χ0v) is 13.3.